The zero-order valence-electron chi connectivity index (χ0n) is 11.9. The Bertz CT molecular complexity index is 482. The molecule has 1 heterocycles. The van der Waals surface area contributed by atoms with Crippen LogP contribution < -0.4 is 4.90 Å². The van der Waals surface area contributed by atoms with Gasteiger partial charge in [-0.15, -0.1) is 6.58 Å². The van der Waals surface area contributed by atoms with Gasteiger partial charge in [0.2, 0.25) is 0 Å². The van der Waals surface area contributed by atoms with Gasteiger partial charge in [-0.2, -0.15) is 0 Å². The number of hydrogen-bond acceptors (Lipinski definition) is 3. The Kier molecular flexibility index (Phi) is 3.88. The second-order valence-electron chi connectivity index (χ2n) is 5.76. The van der Waals surface area contributed by atoms with Gasteiger partial charge in [0.25, 0.3) is 0 Å². The molecule has 0 aromatic heterocycles. The quantitative estimate of drug-likeness (QED) is 0.607. The molecule has 0 bridgehead atoms. The summed E-state index contributed by atoms with van der Waals surface area (Å²) in [4.78, 5) is 16.8. The molecule has 1 saturated carbocycles. The molecule has 1 aliphatic carbocycles. The average molecular weight is 270 g/mol. The van der Waals surface area contributed by atoms with Gasteiger partial charge in [-0.3, -0.25) is 9.69 Å². The number of anilines is 1. The largest absolute Gasteiger partial charge is 0.369 e. The Balaban J connectivity index is 1.60. The minimum atomic E-state index is 0.309. The third-order valence-corrected chi connectivity index (χ3v) is 4.22. The lowest BCUT2D eigenvalue weighted by atomic mass is 10.1. The van der Waals surface area contributed by atoms with Crippen LogP contribution in [-0.4, -0.2) is 43.4 Å². The van der Waals surface area contributed by atoms with E-state index in [1.54, 1.807) is 0 Å². The third kappa shape index (κ3) is 2.93. The number of benzene rings is 1. The van der Waals surface area contributed by atoms with Crippen LogP contribution in [0.3, 0.4) is 0 Å². The molecular formula is C17H22N2O. The van der Waals surface area contributed by atoms with E-state index in [-0.39, 0.29) is 0 Å². The van der Waals surface area contributed by atoms with Crippen molar-refractivity contribution in [1.82, 2.24) is 4.90 Å². The van der Waals surface area contributed by atoms with Gasteiger partial charge in [-0.25, -0.2) is 0 Å². The number of piperazine rings is 1. The topological polar surface area (TPSA) is 23.6 Å². The predicted molar refractivity (Wildman–Crippen MR) is 82.3 cm³/mol. The van der Waals surface area contributed by atoms with E-state index < -0.39 is 0 Å². The molecule has 3 nitrogen and oxygen atoms in total. The number of hydrogen-bond donors (Lipinski definition) is 0. The number of carbonyl (C=O) groups is 1. The number of carbonyl (C=O) groups excluding carboxylic acids is 1. The first kappa shape index (κ1) is 13.4. The second-order valence-corrected chi connectivity index (χ2v) is 5.76. The summed E-state index contributed by atoms with van der Waals surface area (Å²) in [5.74, 6) is 0.635. The Labute approximate surface area is 120 Å². The highest BCUT2D eigenvalue weighted by atomic mass is 16.1. The molecule has 1 aromatic rings. The molecule has 106 valence electrons. The maximum absolute atomic E-state index is 12.0. The summed E-state index contributed by atoms with van der Waals surface area (Å²) in [6.07, 6.45) is 4.12. The number of ketones is 1. The molecule has 2 fully saturated rings. The van der Waals surface area contributed by atoms with Crippen molar-refractivity contribution in [2.24, 2.45) is 5.92 Å². The van der Waals surface area contributed by atoms with Crippen LogP contribution in [-0.2, 0) is 0 Å². The Morgan fingerprint density at radius 2 is 1.80 bits per heavy atom. The molecule has 0 radical (unpaired) electrons. The summed E-state index contributed by atoms with van der Waals surface area (Å²) in [5.41, 5.74) is 2.11. The van der Waals surface area contributed by atoms with E-state index >= 15 is 0 Å². The van der Waals surface area contributed by atoms with E-state index in [9.17, 15) is 4.79 Å². The molecule has 1 aromatic carbocycles. The maximum Gasteiger partial charge on any atom is 0.165 e. The van der Waals surface area contributed by atoms with E-state index in [0.717, 1.165) is 51.1 Å². The highest BCUT2D eigenvalue weighted by Gasteiger charge is 2.30. The Morgan fingerprint density at radius 3 is 2.35 bits per heavy atom. The molecule has 1 aliphatic heterocycles. The lowest BCUT2D eigenvalue weighted by Crippen LogP contribution is -2.46. The van der Waals surface area contributed by atoms with Crippen LogP contribution in [0, 0.1) is 5.92 Å². The average Bonchev–Trinajstić information content (AvgIpc) is 3.33. The van der Waals surface area contributed by atoms with Crippen molar-refractivity contribution in [2.45, 2.75) is 12.8 Å². The minimum Gasteiger partial charge on any atom is -0.369 e. The second kappa shape index (κ2) is 5.80. The van der Waals surface area contributed by atoms with Crippen LogP contribution in [0.25, 0.3) is 0 Å². The molecule has 2 aliphatic rings. The molecule has 3 rings (SSSR count). The molecule has 3 heteroatoms. The van der Waals surface area contributed by atoms with Gasteiger partial charge >= 0.3 is 0 Å². The molecule has 20 heavy (non-hydrogen) atoms. The predicted octanol–water partition coefficient (Wildman–Crippen LogP) is 2.59. The van der Waals surface area contributed by atoms with Crippen molar-refractivity contribution in [3.05, 3.63) is 42.5 Å². The van der Waals surface area contributed by atoms with Gasteiger partial charge in [0, 0.05) is 49.9 Å². The fraction of sp³-hybridized carbons (Fsp3) is 0.471. The molecule has 0 N–H and O–H groups in total. The third-order valence-electron chi connectivity index (χ3n) is 4.22. The zero-order valence-corrected chi connectivity index (χ0v) is 11.9. The van der Waals surface area contributed by atoms with Gasteiger partial charge in [0.15, 0.2) is 5.78 Å². The van der Waals surface area contributed by atoms with E-state index in [1.807, 2.05) is 18.2 Å². The minimum absolute atomic E-state index is 0.309. The van der Waals surface area contributed by atoms with Gasteiger partial charge in [0.05, 0.1) is 0 Å². The van der Waals surface area contributed by atoms with Crippen molar-refractivity contribution >= 4 is 11.5 Å². The summed E-state index contributed by atoms with van der Waals surface area (Å²) in [6, 6.07) is 8.18. The summed E-state index contributed by atoms with van der Waals surface area (Å²) in [5, 5.41) is 0. The van der Waals surface area contributed by atoms with E-state index in [4.69, 9.17) is 0 Å². The standard InChI is InChI=1S/C17H22N2O/c1-2-9-18-10-12-19(13-11-18)16-7-5-15(6-8-16)17(20)14-3-4-14/h2,5-8,14H,1,3-4,9-13H2. The van der Waals surface area contributed by atoms with Crippen molar-refractivity contribution < 1.29 is 4.79 Å². The summed E-state index contributed by atoms with van der Waals surface area (Å²) in [7, 11) is 0. The van der Waals surface area contributed by atoms with E-state index in [1.165, 1.54) is 5.69 Å². The van der Waals surface area contributed by atoms with E-state index in [0.29, 0.717) is 11.7 Å². The van der Waals surface area contributed by atoms with Gasteiger partial charge in [-0.05, 0) is 37.1 Å². The first-order valence-electron chi connectivity index (χ1n) is 7.50. The number of Topliss-reactive ketones (excluding diaryl/α,β-unsaturated/α-hetero) is 1. The van der Waals surface area contributed by atoms with Crippen LogP contribution in [0.15, 0.2) is 36.9 Å². The highest BCUT2D eigenvalue weighted by molar-refractivity contribution is 5.99. The van der Waals surface area contributed by atoms with Crippen LogP contribution in [0.5, 0.6) is 0 Å². The summed E-state index contributed by atoms with van der Waals surface area (Å²) < 4.78 is 0. The smallest absolute Gasteiger partial charge is 0.165 e. The normalized spacial score (nSPS) is 19.9. The summed E-state index contributed by atoms with van der Waals surface area (Å²) in [6.45, 7) is 9.01. The zero-order chi connectivity index (χ0) is 13.9. The fourth-order valence-corrected chi connectivity index (χ4v) is 2.79. The van der Waals surface area contributed by atoms with Crippen LogP contribution in [0.4, 0.5) is 5.69 Å². The molecule has 0 atom stereocenters. The fourth-order valence-electron chi connectivity index (χ4n) is 2.79. The van der Waals surface area contributed by atoms with Gasteiger partial charge in [0.1, 0.15) is 0 Å². The number of nitrogens with zero attached hydrogens (tertiary/aromatic N) is 2. The van der Waals surface area contributed by atoms with Crippen molar-refractivity contribution in [2.75, 3.05) is 37.6 Å². The molecular weight excluding hydrogens is 248 g/mol. The van der Waals surface area contributed by atoms with Gasteiger partial charge < -0.3 is 4.90 Å². The van der Waals surface area contributed by atoms with Crippen LogP contribution >= 0.6 is 0 Å². The van der Waals surface area contributed by atoms with Crippen molar-refractivity contribution in [3.63, 3.8) is 0 Å². The van der Waals surface area contributed by atoms with Crippen molar-refractivity contribution in [3.8, 4) is 0 Å². The Hall–Kier alpha value is -1.61. The highest BCUT2D eigenvalue weighted by Crippen LogP contribution is 2.33. The maximum atomic E-state index is 12.0. The molecule has 0 amide bonds. The lowest BCUT2D eigenvalue weighted by Gasteiger charge is -2.35. The Morgan fingerprint density at radius 1 is 1.15 bits per heavy atom. The van der Waals surface area contributed by atoms with Crippen molar-refractivity contribution in [1.29, 1.82) is 0 Å². The summed E-state index contributed by atoms with van der Waals surface area (Å²) >= 11 is 0. The van der Waals surface area contributed by atoms with Crippen LogP contribution in [0.1, 0.15) is 23.2 Å². The first-order valence-corrected chi connectivity index (χ1v) is 7.50. The van der Waals surface area contributed by atoms with Crippen LogP contribution in [0.2, 0.25) is 0 Å². The number of rotatable bonds is 5. The SMILES string of the molecule is C=CCN1CCN(c2ccc(C(=O)C3CC3)cc2)CC1. The molecule has 0 unspecified atom stereocenters. The molecule has 1 saturated heterocycles. The molecule has 0 spiro atoms. The van der Waals surface area contributed by atoms with Gasteiger partial charge in [-0.1, -0.05) is 6.08 Å². The monoisotopic (exact) mass is 270 g/mol. The lowest BCUT2D eigenvalue weighted by molar-refractivity contribution is 0.0967. The van der Waals surface area contributed by atoms with E-state index in [2.05, 4.69) is 28.5 Å². The first-order chi connectivity index (χ1) is 9.78.